The first-order valence-electron chi connectivity index (χ1n) is 5.16. The number of ether oxygens (including phenoxy) is 1. The van der Waals surface area contributed by atoms with E-state index >= 15 is 0 Å². The van der Waals surface area contributed by atoms with Gasteiger partial charge in [-0.25, -0.2) is 4.79 Å². The van der Waals surface area contributed by atoms with Crippen LogP contribution in [0.4, 0.5) is 0 Å². The molecule has 0 aliphatic carbocycles. The largest absolute Gasteiger partial charge is 0.479 e. The zero-order valence-corrected chi connectivity index (χ0v) is 8.76. The fourth-order valence-corrected chi connectivity index (χ4v) is 2.05. The minimum absolute atomic E-state index is 0.285. The molecular formula is C11H13NO4. The third-order valence-electron chi connectivity index (χ3n) is 3.00. The molecule has 1 aliphatic heterocycles. The van der Waals surface area contributed by atoms with Crippen molar-refractivity contribution in [2.24, 2.45) is 0 Å². The third kappa shape index (κ3) is 1.63. The first-order valence-corrected chi connectivity index (χ1v) is 5.16. The average molecular weight is 223 g/mol. The summed E-state index contributed by atoms with van der Waals surface area (Å²) in [6.07, 6.45) is 2.18. The third-order valence-corrected chi connectivity index (χ3v) is 3.00. The lowest BCUT2D eigenvalue weighted by Gasteiger charge is -2.34. The molecule has 0 aromatic carbocycles. The highest BCUT2D eigenvalue weighted by atomic mass is 16.5. The van der Waals surface area contributed by atoms with Gasteiger partial charge in [-0.1, -0.05) is 6.07 Å². The predicted octanol–water partition coefficient (Wildman–Crippen LogP) is 0.439. The lowest BCUT2D eigenvalue weighted by molar-refractivity contribution is -0.153. The Kier molecular flexibility index (Phi) is 2.78. The molecule has 0 spiro atoms. The predicted molar refractivity (Wildman–Crippen MR) is 56.4 cm³/mol. The van der Waals surface area contributed by atoms with E-state index in [-0.39, 0.29) is 5.56 Å². The van der Waals surface area contributed by atoms with E-state index in [9.17, 15) is 14.7 Å². The van der Waals surface area contributed by atoms with Crippen molar-refractivity contribution in [1.29, 1.82) is 0 Å². The van der Waals surface area contributed by atoms with Gasteiger partial charge in [-0.3, -0.25) is 9.36 Å². The Labute approximate surface area is 92.3 Å². The van der Waals surface area contributed by atoms with Gasteiger partial charge >= 0.3 is 5.97 Å². The molecule has 1 aromatic rings. The van der Waals surface area contributed by atoms with Gasteiger partial charge in [-0.05, 0) is 6.07 Å². The Morgan fingerprint density at radius 3 is 2.62 bits per heavy atom. The number of aliphatic carboxylic acids is 1. The molecule has 0 saturated carbocycles. The molecule has 0 bridgehead atoms. The summed E-state index contributed by atoms with van der Waals surface area (Å²) in [4.78, 5) is 23.1. The molecule has 0 atom stereocenters. The van der Waals surface area contributed by atoms with Crippen LogP contribution < -0.4 is 5.56 Å². The first kappa shape index (κ1) is 10.9. The van der Waals surface area contributed by atoms with Crippen LogP contribution in [-0.4, -0.2) is 28.9 Å². The number of carboxylic acid groups (broad SMARTS) is 1. The van der Waals surface area contributed by atoms with E-state index in [2.05, 4.69) is 0 Å². The van der Waals surface area contributed by atoms with Crippen molar-refractivity contribution in [3.05, 3.63) is 34.7 Å². The Balaban J connectivity index is 2.51. The van der Waals surface area contributed by atoms with E-state index in [1.54, 1.807) is 12.1 Å². The summed E-state index contributed by atoms with van der Waals surface area (Å²) in [5.41, 5.74) is -1.43. The average Bonchev–Trinajstić information content (AvgIpc) is 2.30. The zero-order chi connectivity index (χ0) is 11.6. The fourth-order valence-electron chi connectivity index (χ4n) is 2.05. The van der Waals surface area contributed by atoms with E-state index in [0.717, 1.165) is 0 Å². The number of pyridine rings is 1. The molecule has 1 aromatic heterocycles. The van der Waals surface area contributed by atoms with E-state index in [4.69, 9.17) is 4.74 Å². The Hall–Kier alpha value is -1.62. The standard InChI is InChI=1S/C11H13NO4/c13-9-3-1-2-6-12(9)11(10(14)15)4-7-16-8-5-11/h1-3,6H,4-5,7-8H2,(H,14,15). The van der Waals surface area contributed by atoms with Gasteiger partial charge in [0.15, 0.2) is 0 Å². The number of hydrogen-bond donors (Lipinski definition) is 1. The lowest BCUT2D eigenvalue weighted by Crippen LogP contribution is -2.50. The maximum atomic E-state index is 11.7. The first-order chi connectivity index (χ1) is 7.67. The van der Waals surface area contributed by atoms with Gasteiger partial charge in [0.1, 0.15) is 5.54 Å². The van der Waals surface area contributed by atoms with Crippen LogP contribution in [0.3, 0.4) is 0 Å². The molecule has 2 rings (SSSR count). The van der Waals surface area contributed by atoms with E-state index < -0.39 is 11.5 Å². The number of carbonyl (C=O) groups is 1. The molecular weight excluding hydrogens is 210 g/mol. The van der Waals surface area contributed by atoms with Crippen LogP contribution in [0.15, 0.2) is 29.2 Å². The lowest BCUT2D eigenvalue weighted by atomic mass is 9.89. The number of rotatable bonds is 2. The second-order valence-electron chi connectivity index (χ2n) is 3.86. The maximum absolute atomic E-state index is 11.7. The van der Waals surface area contributed by atoms with Crippen molar-refractivity contribution in [2.75, 3.05) is 13.2 Å². The highest BCUT2D eigenvalue weighted by molar-refractivity contribution is 5.76. The molecule has 86 valence electrons. The minimum Gasteiger partial charge on any atom is -0.479 e. The molecule has 0 unspecified atom stereocenters. The molecule has 1 saturated heterocycles. The Morgan fingerprint density at radius 2 is 2.06 bits per heavy atom. The minimum atomic E-state index is -1.14. The van der Waals surface area contributed by atoms with Gasteiger partial charge in [0.25, 0.3) is 5.56 Å². The summed E-state index contributed by atoms with van der Waals surface area (Å²) in [5, 5.41) is 9.35. The summed E-state index contributed by atoms with van der Waals surface area (Å²) in [6, 6.07) is 4.65. The highest BCUT2D eigenvalue weighted by Gasteiger charge is 2.42. The van der Waals surface area contributed by atoms with Gasteiger partial charge in [0.05, 0.1) is 0 Å². The molecule has 5 nitrogen and oxygen atoms in total. The molecule has 1 N–H and O–H groups in total. The smallest absolute Gasteiger partial charge is 0.330 e. The van der Waals surface area contributed by atoms with Crippen LogP contribution in [-0.2, 0) is 15.1 Å². The van der Waals surface area contributed by atoms with Crippen molar-refractivity contribution in [1.82, 2.24) is 4.57 Å². The van der Waals surface area contributed by atoms with Gasteiger partial charge in [-0.2, -0.15) is 0 Å². The molecule has 5 heteroatoms. The topological polar surface area (TPSA) is 68.5 Å². The summed E-state index contributed by atoms with van der Waals surface area (Å²) < 4.78 is 6.46. The second-order valence-corrected chi connectivity index (χ2v) is 3.86. The molecule has 0 radical (unpaired) electrons. The van der Waals surface area contributed by atoms with Crippen molar-refractivity contribution in [2.45, 2.75) is 18.4 Å². The monoisotopic (exact) mass is 223 g/mol. The summed E-state index contributed by atoms with van der Waals surface area (Å²) in [6.45, 7) is 0.737. The van der Waals surface area contributed by atoms with Crippen molar-refractivity contribution in [3.63, 3.8) is 0 Å². The van der Waals surface area contributed by atoms with Crippen molar-refractivity contribution < 1.29 is 14.6 Å². The van der Waals surface area contributed by atoms with Crippen LogP contribution in [0.25, 0.3) is 0 Å². The quantitative estimate of drug-likeness (QED) is 0.789. The van der Waals surface area contributed by atoms with Crippen LogP contribution >= 0.6 is 0 Å². The molecule has 2 heterocycles. The molecule has 1 fully saturated rings. The van der Waals surface area contributed by atoms with Crippen molar-refractivity contribution in [3.8, 4) is 0 Å². The summed E-state index contributed by atoms with van der Waals surface area (Å²) >= 11 is 0. The van der Waals surface area contributed by atoms with E-state index in [1.807, 2.05) is 0 Å². The number of hydrogen-bond acceptors (Lipinski definition) is 3. The highest BCUT2D eigenvalue weighted by Crippen LogP contribution is 2.28. The van der Waals surface area contributed by atoms with Gasteiger partial charge in [0, 0.05) is 38.3 Å². The maximum Gasteiger partial charge on any atom is 0.330 e. The summed E-state index contributed by atoms with van der Waals surface area (Å²) in [7, 11) is 0. The summed E-state index contributed by atoms with van der Waals surface area (Å²) in [5.74, 6) is -0.968. The number of carboxylic acids is 1. The molecule has 0 amide bonds. The second kappa shape index (κ2) is 4.09. The van der Waals surface area contributed by atoms with E-state index in [1.165, 1.54) is 16.8 Å². The van der Waals surface area contributed by atoms with Gasteiger partial charge < -0.3 is 9.84 Å². The van der Waals surface area contributed by atoms with Crippen LogP contribution in [0.2, 0.25) is 0 Å². The molecule has 16 heavy (non-hydrogen) atoms. The number of nitrogens with zero attached hydrogens (tertiary/aromatic N) is 1. The van der Waals surface area contributed by atoms with Gasteiger partial charge in [0.2, 0.25) is 0 Å². The zero-order valence-electron chi connectivity index (χ0n) is 8.76. The van der Waals surface area contributed by atoms with Crippen molar-refractivity contribution >= 4 is 5.97 Å². The fraction of sp³-hybridized carbons (Fsp3) is 0.455. The SMILES string of the molecule is O=C(O)C1(n2ccccc2=O)CCOCC1. The van der Waals surface area contributed by atoms with Gasteiger partial charge in [-0.15, -0.1) is 0 Å². The number of aromatic nitrogens is 1. The van der Waals surface area contributed by atoms with Crippen LogP contribution in [0, 0.1) is 0 Å². The van der Waals surface area contributed by atoms with Crippen LogP contribution in [0.1, 0.15) is 12.8 Å². The Bertz CT molecular complexity index is 445. The van der Waals surface area contributed by atoms with Crippen LogP contribution in [0.5, 0.6) is 0 Å². The normalized spacial score (nSPS) is 19.2. The Morgan fingerprint density at radius 1 is 1.38 bits per heavy atom. The molecule has 1 aliphatic rings. The van der Waals surface area contributed by atoms with E-state index in [0.29, 0.717) is 26.1 Å².